The van der Waals surface area contributed by atoms with Gasteiger partial charge in [-0.05, 0) is 290 Å². The van der Waals surface area contributed by atoms with E-state index in [2.05, 4.69) is 90.1 Å². The Balaban J connectivity index is 0.000000134. The van der Waals surface area contributed by atoms with E-state index in [4.69, 9.17) is 64.4 Å². The van der Waals surface area contributed by atoms with Crippen LogP contribution in [0.25, 0.3) is 95.6 Å². The van der Waals surface area contributed by atoms with Crippen LogP contribution < -0.4 is 24.8 Å². The van der Waals surface area contributed by atoms with Crippen LogP contribution in [-0.2, 0) is 46.5 Å². The van der Waals surface area contributed by atoms with E-state index in [0.29, 0.717) is 36.0 Å². The molecular formula is C106H115ClN8O13S5. The lowest BCUT2D eigenvalue weighted by Gasteiger charge is -2.26. The number of benzene rings is 4. The van der Waals surface area contributed by atoms with Crippen LogP contribution in [0.1, 0.15) is 248 Å². The average Bonchev–Trinajstić information content (AvgIpc) is 1.74. The Labute approximate surface area is 802 Å². The number of nitrogens with one attached hydrogen (secondary N) is 2. The van der Waals surface area contributed by atoms with E-state index in [1.54, 1.807) is 31.0 Å². The zero-order chi connectivity index (χ0) is 95.7. The molecule has 14 heterocycles. The number of anilines is 1. The van der Waals surface area contributed by atoms with Gasteiger partial charge in [0.05, 0.1) is 31.9 Å². The number of piperidine rings is 1. The normalized spacial score (nSPS) is 13.6. The van der Waals surface area contributed by atoms with Gasteiger partial charge in [0.1, 0.15) is 77.3 Å². The molecule has 3 aliphatic heterocycles. The van der Waals surface area contributed by atoms with E-state index in [1.165, 1.54) is 90.7 Å². The zero-order valence-corrected chi connectivity index (χ0v) is 84.7. The number of hydrogen-bond donors (Lipinski definition) is 3. The van der Waals surface area contributed by atoms with Crippen LogP contribution in [0.4, 0.5) is 5.69 Å². The van der Waals surface area contributed by atoms with Crippen molar-refractivity contribution in [3.8, 4) is 61.8 Å². The minimum absolute atomic E-state index is 0.0810. The molecule has 18 rings (SSSR count). The van der Waals surface area contributed by atoms with E-state index < -0.39 is 16.8 Å². The van der Waals surface area contributed by atoms with Gasteiger partial charge < -0.3 is 53.5 Å². The lowest BCUT2D eigenvalue weighted by molar-refractivity contribution is 0.00634. The molecular weight excluding hydrogens is 1790 g/mol. The number of methoxy groups -OCH3 is 1. The van der Waals surface area contributed by atoms with Crippen LogP contribution >= 0.6 is 68.3 Å². The maximum atomic E-state index is 13.5. The second-order valence-corrected chi connectivity index (χ2v) is 41.7. The van der Waals surface area contributed by atoms with Gasteiger partial charge in [-0.2, -0.15) is 0 Å². The Morgan fingerprint density at radius 1 is 0.481 bits per heavy atom. The third-order valence-electron chi connectivity index (χ3n) is 23.6. The Morgan fingerprint density at radius 2 is 0.895 bits per heavy atom. The number of halogens is 1. The van der Waals surface area contributed by atoms with Crippen molar-refractivity contribution in [3.63, 3.8) is 0 Å². The number of esters is 3. The number of aliphatic hydroxyl groups excluding tert-OH is 1. The number of thiophene rings is 5. The number of furan rings is 1. The predicted octanol–water partition coefficient (Wildman–Crippen LogP) is 27.0. The first kappa shape index (κ1) is 97.5. The van der Waals surface area contributed by atoms with Gasteiger partial charge >= 0.3 is 17.9 Å². The third-order valence-corrected chi connectivity index (χ3v) is 29.2. The molecule has 21 nitrogen and oxygen atoms in total. The zero-order valence-electron chi connectivity index (χ0n) is 79.9. The molecule has 1 saturated heterocycles. The fraction of sp³-hybridized carbons (Fsp3) is 0.358. The van der Waals surface area contributed by atoms with E-state index in [0.717, 1.165) is 209 Å². The fourth-order valence-electron chi connectivity index (χ4n) is 17.7. The van der Waals surface area contributed by atoms with Crippen LogP contribution in [0.3, 0.4) is 0 Å². The Hall–Kier alpha value is -11.5. The first-order valence-corrected chi connectivity index (χ1v) is 49.4. The maximum Gasteiger partial charge on any atom is 0.349 e. The van der Waals surface area contributed by atoms with Gasteiger partial charge in [-0.15, -0.1) is 56.7 Å². The fourth-order valence-corrected chi connectivity index (χ4v) is 23.8. The van der Waals surface area contributed by atoms with Crippen molar-refractivity contribution in [1.82, 2.24) is 35.1 Å². The van der Waals surface area contributed by atoms with E-state index in [1.807, 2.05) is 192 Å². The molecule has 2 amide bonds. The number of rotatable bonds is 15. The van der Waals surface area contributed by atoms with Crippen molar-refractivity contribution in [3.05, 3.63) is 235 Å². The number of aliphatic hydroxyl groups is 1. The van der Waals surface area contributed by atoms with E-state index in [-0.39, 0.29) is 49.3 Å². The lowest BCUT2D eigenvalue weighted by Crippen LogP contribution is -2.37. The highest BCUT2D eigenvalue weighted by molar-refractivity contribution is 7.23. The van der Waals surface area contributed by atoms with Gasteiger partial charge in [-0.1, -0.05) is 100.0 Å². The molecule has 0 radical (unpaired) electrons. The molecule has 11 aromatic heterocycles. The van der Waals surface area contributed by atoms with Crippen molar-refractivity contribution in [2.75, 3.05) is 32.3 Å². The molecule has 0 bridgehead atoms. The number of aryl methyl sites for hydroxylation is 9. The molecule has 4 aromatic carbocycles. The summed E-state index contributed by atoms with van der Waals surface area (Å²) in [4.78, 5) is 98.2. The van der Waals surface area contributed by atoms with Gasteiger partial charge in [0.25, 0.3) is 11.8 Å². The Kier molecular flexibility index (Phi) is 29.6. The molecule has 27 heteroatoms. The number of carbonyl (C=O) groups excluding carboxylic acids is 5. The lowest BCUT2D eigenvalue weighted by atomic mass is 9.95. The van der Waals surface area contributed by atoms with Gasteiger partial charge in [0.2, 0.25) is 6.79 Å². The summed E-state index contributed by atoms with van der Waals surface area (Å²) in [5.41, 5.74) is 22.9. The quantitative estimate of drug-likeness (QED) is 0.0636. The van der Waals surface area contributed by atoms with Crippen molar-refractivity contribution in [2.45, 2.75) is 227 Å². The summed E-state index contributed by atoms with van der Waals surface area (Å²) >= 11 is 13.2. The number of pyridine rings is 5. The maximum absolute atomic E-state index is 13.5. The SMILES string of the molecule is CCc1c(C)nc2sc(C(=O)N3CCCCC3)c(-c3ccc(OC)cc3)c2c1C.CCc1c(C)nc2sc(C(=O)OC(C)(C)C)c(-c3ccc(Cl)cc3)c2c1C.CCc1c(C)nc2sc(C(=O)OC(C)(C)C)c(-c3ccc4c(c3)OCO4)c2c1C.CCc1c(C)nc2sc(C(=O)OC(C)(C)C)c(-c3ccoc3)c2c1C.Cc1cc(CO)c2c3c(sc2n1)C(=O)NC(c1ccccc1)N3. The molecule has 1 unspecified atom stereocenters. The Bertz CT molecular complexity index is 6940. The van der Waals surface area contributed by atoms with Crippen LogP contribution in [0.2, 0.25) is 5.02 Å². The summed E-state index contributed by atoms with van der Waals surface area (Å²) in [5.74, 6) is 1.29. The van der Waals surface area contributed by atoms with Crippen molar-refractivity contribution < 1.29 is 61.9 Å². The molecule has 694 valence electrons. The standard InChI is InChI=1S/C24H28N2O2S.C23H25NO4S.C22H24ClNO2S.C20H23NO3S.C17H15N3O2S/c1-5-19-15(2)20-21(17-9-11-18(28-4)12-10-17)22(29-23(20)25-16(19)3)24(27)26-13-7-6-8-14-26;1-7-15-12(2)18-19(14-8-9-16-17(10-14)27-11-26-16)20(22(25)28-23(4,5)6)29-21(18)24-13(15)3;1-7-16-12(2)17-18(14-8-10-15(23)11-9-14)19(21(25)26-22(4,5)6)27-20(17)24-13(16)3;1-7-14-11(2)15-16(13-8-9-23-10-13)17(19(22)24-20(4,5)6)25-18(15)21-12(14)3;1-9-7-11(8-21)12-13-14(23-17(12)18-9)16(22)20-15(19-13)10-5-3-2-4-6-10/h9-12H,5-8,13-14H2,1-4H3;8-10H,7,11H2,1-6H3;8-11H,7H2,1-6H3;8-10H,7H2,1-6H3;2-7,15,19,21H,8H2,1H3,(H,20,22). The number of nitrogens with zero attached hydrogens (tertiary/aromatic N) is 6. The van der Waals surface area contributed by atoms with Crippen molar-refractivity contribution >= 4 is 155 Å². The molecule has 1 atom stereocenters. The van der Waals surface area contributed by atoms with Gasteiger partial charge in [-0.25, -0.2) is 39.3 Å². The molecule has 0 saturated carbocycles. The first-order chi connectivity index (χ1) is 63.3. The molecule has 3 N–H and O–H groups in total. The number of fused-ring (bicyclic) bond motifs is 8. The highest BCUT2D eigenvalue weighted by atomic mass is 35.5. The summed E-state index contributed by atoms with van der Waals surface area (Å²) in [7, 11) is 1.67. The van der Waals surface area contributed by atoms with E-state index >= 15 is 0 Å². The summed E-state index contributed by atoms with van der Waals surface area (Å²) in [6.45, 7) is 45.8. The van der Waals surface area contributed by atoms with Crippen LogP contribution in [0.5, 0.6) is 17.2 Å². The average molecular weight is 1900 g/mol. The molecule has 133 heavy (non-hydrogen) atoms. The van der Waals surface area contributed by atoms with E-state index in [9.17, 15) is 29.1 Å². The number of hydrogen-bond acceptors (Lipinski definition) is 24. The third kappa shape index (κ3) is 20.8. The number of aromatic nitrogens is 5. The summed E-state index contributed by atoms with van der Waals surface area (Å²) in [5, 5.41) is 21.7. The summed E-state index contributed by atoms with van der Waals surface area (Å²) in [6, 6.07) is 34.9. The summed E-state index contributed by atoms with van der Waals surface area (Å²) in [6.07, 6.45) is 10.0. The van der Waals surface area contributed by atoms with Gasteiger partial charge in [-0.3, -0.25) is 9.59 Å². The largest absolute Gasteiger partial charge is 0.497 e. The van der Waals surface area contributed by atoms with Gasteiger partial charge in [0, 0.05) is 101 Å². The summed E-state index contributed by atoms with van der Waals surface area (Å²) < 4.78 is 38.7. The second kappa shape index (κ2) is 40.4. The van der Waals surface area contributed by atoms with Crippen LogP contribution in [0, 0.1) is 62.3 Å². The number of amides is 2. The number of ether oxygens (including phenoxy) is 6. The molecule has 15 aromatic rings. The molecule has 0 spiro atoms. The smallest absolute Gasteiger partial charge is 0.349 e. The van der Waals surface area contributed by atoms with Gasteiger partial charge in [0.15, 0.2) is 11.5 Å². The molecule has 3 aliphatic rings. The second-order valence-electron chi connectivity index (χ2n) is 36.3. The number of carbonyl (C=O) groups is 5. The predicted molar refractivity (Wildman–Crippen MR) is 541 cm³/mol. The molecule has 0 aliphatic carbocycles. The number of likely N-dealkylation sites (tertiary alicyclic amines) is 1. The van der Waals surface area contributed by atoms with Crippen LogP contribution in [-0.4, -0.2) is 108 Å². The highest BCUT2D eigenvalue weighted by Crippen LogP contribution is 2.50. The first-order valence-electron chi connectivity index (χ1n) is 44.9. The monoisotopic (exact) mass is 1900 g/mol. The Morgan fingerprint density at radius 3 is 1.32 bits per heavy atom. The minimum atomic E-state index is -0.577. The van der Waals surface area contributed by atoms with Crippen molar-refractivity contribution in [2.24, 2.45) is 0 Å². The minimum Gasteiger partial charge on any atom is -0.497 e. The topological polar surface area (TPSA) is 266 Å². The van der Waals surface area contributed by atoms with Crippen LogP contribution in [0.15, 0.2) is 126 Å². The molecule has 1 fully saturated rings. The highest BCUT2D eigenvalue weighted by Gasteiger charge is 2.36. The van der Waals surface area contributed by atoms with Crippen molar-refractivity contribution in [1.29, 1.82) is 0 Å².